The summed E-state index contributed by atoms with van der Waals surface area (Å²) in [6.45, 7) is 1.56. The lowest BCUT2D eigenvalue weighted by molar-refractivity contribution is -0.385. The van der Waals surface area contributed by atoms with Crippen LogP contribution >= 0.6 is 0 Å². The van der Waals surface area contributed by atoms with E-state index in [1.54, 1.807) is 18.2 Å². The number of nitrogens with zero attached hydrogens (tertiary/aromatic N) is 2. The molecule has 0 saturated carbocycles. The van der Waals surface area contributed by atoms with Crippen molar-refractivity contribution in [3.8, 4) is 0 Å². The van der Waals surface area contributed by atoms with E-state index < -0.39 is 0 Å². The summed E-state index contributed by atoms with van der Waals surface area (Å²) in [6, 6.07) is 10.5. The second-order valence-corrected chi connectivity index (χ2v) is 4.52. The zero-order chi connectivity index (χ0) is 13.9. The molecule has 2 heterocycles. The molecule has 0 bridgehead atoms. The number of aromatic nitrogens is 1. The van der Waals surface area contributed by atoms with Crippen LogP contribution in [0.25, 0.3) is 0 Å². The standard InChI is InChI=1S/C14H14N2O4/c17-16(18)12-5-2-1-4-11(12)10-15-7-3-6-13(15)14-19-8-9-20-14/h1-7,14H,8-10H2. The van der Waals surface area contributed by atoms with Gasteiger partial charge in [-0.1, -0.05) is 18.2 Å². The minimum absolute atomic E-state index is 0.125. The molecule has 1 aliphatic rings. The molecule has 0 aliphatic carbocycles. The van der Waals surface area contributed by atoms with Gasteiger partial charge >= 0.3 is 0 Å². The molecule has 2 aromatic rings. The van der Waals surface area contributed by atoms with E-state index in [0.29, 0.717) is 25.3 Å². The maximum atomic E-state index is 11.0. The average molecular weight is 274 g/mol. The van der Waals surface area contributed by atoms with E-state index >= 15 is 0 Å². The molecule has 0 unspecified atom stereocenters. The van der Waals surface area contributed by atoms with Gasteiger partial charge in [0.25, 0.3) is 5.69 Å². The third-order valence-electron chi connectivity index (χ3n) is 3.26. The molecule has 1 aromatic heterocycles. The minimum Gasteiger partial charge on any atom is -0.345 e. The molecular weight excluding hydrogens is 260 g/mol. The van der Waals surface area contributed by atoms with Crippen molar-refractivity contribution in [2.45, 2.75) is 12.8 Å². The van der Waals surface area contributed by atoms with Crippen LogP contribution in [0, 0.1) is 10.1 Å². The van der Waals surface area contributed by atoms with Crippen LogP contribution in [0.3, 0.4) is 0 Å². The Kier molecular flexibility index (Phi) is 3.49. The second-order valence-electron chi connectivity index (χ2n) is 4.52. The largest absolute Gasteiger partial charge is 0.345 e. The van der Waals surface area contributed by atoms with Gasteiger partial charge in [-0.05, 0) is 12.1 Å². The fourth-order valence-corrected chi connectivity index (χ4v) is 2.32. The highest BCUT2D eigenvalue weighted by molar-refractivity contribution is 5.40. The highest BCUT2D eigenvalue weighted by atomic mass is 16.7. The van der Waals surface area contributed by atoms with Gasteiger partial charge in [0.1, 0.15) is 0 Å². The molecule has 0 spiro atoms. The summed E-state index contributed by atoms with van der Waals surface area (Å²) in [5.41, 5.74) is 1.66. The van der Waals surface area contributed by atoms with Gasteiger partial charge in [0.2, 0.25) is 0 Å². The zero-order valence-electron chi connectivity index (χ0n) is 10.8. The van der Waals surface area contributed by atoms with Crippen LogP contribution in [0.15, 0.2) is 42.6 Å². The monoisotopic (exact) mass is 274 g/mol. The van der Waals surface area contributed by atoms with Gasteiger partial charge in [0, 0.05) is 17.8 Å². The van der Waals surface area contributed by atoms with E-state index in [-0.39, 0.29) is 16.9 Å². The Balaban J connectivity index is 1.88. The minimum atomic E-state index is -0.382. The van der Waals surface area contributed by atoms with Crippen molar-refractivity contribution < 1.29 is 14.4 Å². The van der Waals surface area contributed by atoms with Crippen LogP contribution in [0.5, 0.6) is 0 Å². The van der Waals surface area contributed by atoms with Crippen molar-refractivity contribution in [2.24, 2.45) is 0 Å². The first-order valence-corrected chi connectivity index (χ1v) is 6.36. The van der Waals surface area contributed by atoms with Gasteiger partial charge in [0.05, 0.1) is 30.4 Å². The molecule has 1 aromatic carbocycles. The number of nitro groups is 1. The summed E-state index contributed by atoms with van der Waals surface area (Å²) in [5.74, 6) is 0. The molecule has 0 N–H and O–H groups in total. The molecule has 6 nitrogen and oxygen atoms in total. The number of ether oxygens (including phenoxy) is 2. The quantitative estimate of drug-likeness (QED) is 0.634. The fraction of sp³-hybridized carbons (Fsp3) is 0.286. The molecule has 1 aliphatic heterocycles. The first-order chi connectivity index (χ1) is 9.75. The van der Waals surface area contributed by atoms with Gasteiger partial charge in [-0.15, -0.1) is 0 Å². The highest BCUT2D eigenvalue weighted by Gasteiger charge is 2.22. The van der Waals surface area contributed by atoms with Crippen LogP contribution in [-0.2, 0) is 16.0 Å². The SMILES string of the molecule is O=[N+]([O-])c1ccccc1Cn1cccc1C1OCCO1. The number of rotatable bonds is 4. The smallest absolute Gasteiger partial charge is 0.274 e. The maximum Gasteiger partial charge on any atom is 0.274 e. The van der Waals surface area contributed by atoms with Crippen LogP contribution in [-0.4, -0.2) is 22.7 Å². The third kappa shape index (κ3) is 2.43. The number of hydrogen-bond acceptors (Lipinski definition) is 4. The van der Waals surface area contributed by atoms with E-state index in [4.69, 9.17) is 9.47 Å². The van der Waals surface area contributed by atoms with Gasteiger partial charge in [-0.2, -0.15) is 0 Å². The lowest BCUT2D eigenvalue weighted by Crippen LogP contribution is -2.09. The highest BCUT2D eigenvalue weighted by Crippen LogP contribution is 2.26. The lowest BCUT2D eigenvalue weighted by atomic mass is 10.2. The van der Waals surface area contributed by atoms with Gasteiger partial charge in [-0.25, -0.2) is 0 Å². The first-order valence-electron chi connectivity index (χ1n) is 6.36. The van der Waals surface area contributed by atoms with E-state index in [2.05, 4.69) is 0 Å². The molecular formula is C14H14N2O4. The predicted octanol–water partition coefficient (Wildman–Crippen LogP) is 2.49. The van der Waals surface area contributed by atoms with Crippen molar-refractivity contribution in [1.82, 2.24) is 4.57 Å². The van der Waals surface area contributed by atoms with E-state index in [1.807, 2.05) is 22.9 Å². The zero-order valence-corrected chi connectivity index (χ0v) is 10.8. The van der Waals surface area contributed by atoms with Crippen LogP contribution in [0.1, 0.15) is 17.5 Å². The van der Waals surface area contributed by atoms with Crippen molar-refractivity contribution in [3.63, 3.8) is 0 Å². The van der Waals surface area contributed by atoms with Crippen molar-refractivity contribution in [3.05, 3.63) is 64.0 Å². The Morgan fingerprint density at radius 3 is 2.70 bits per heavy atom. The van der Waals surface area contributed by atoms with E-state index in [1.165, 1.54) is 6.07 Å². The molecule has 104 valence electrons. The van der Waals surface area contributed by atoms with Crippen LogP contribution in [0.2, 0.25) is 0 Å². The third-order valence-corrected chi connectivity index (χ3v) is 3.26. The number of hydrogen-bond donors (Lipinski definition) is 0. The lowest BCUT2D eigenvalue weighted by Gasteiger charge is -2.13. The topological polar surface area (TPSA) is 66.5 Å². The number of nitro benzene ring substituents is 1. The molecule has 0 amide bonds. The Morgan fingerprint density at radius 2 is 1.95 bits per heavy atom. The summed E-state index contributed by atoms with van der Waals surface area (Å²) in [5, 5.41) is 11.0. The summed E-state index contributed by atoms with van der Waals surface area (Å²) in [7, 11) is 0. The second kappa shape index (κ2) is 5.44. The van der Waals surface area contributed by atoms with Crippen molar-refractivity contribution >= 4 is 5.69 Å². The summed E-state index contributed by atoms with van der Waals surface area (Å²) in [4.78, 5) is 10.7. The molecule has 3 rings (SSSR count). The summed E-state index contributed by atoms with van der Waals surface area (Å²) >= 11 is 0. The maximum absolute atomic E-state index is 11.0. The first kappa shape index (κ1) is 12.8. The molecule has 1 saturated heterocycles. The Labute approximate surface area is 115 Å². The Bertz CT molecular complexity index is 617. The molecule has 0 radical (unpaired) electrons. The average Bonchev–Trinajstić information content (AvgIpc) is 3.09. The van der Waals surface area contributed by atoms with E-state index in [9.17, 15) is 10.1 Å². The molecule has 1 fully saturated rings. The molecule has 6 heteroatoms. The van der Waals surface area contributed by atoms with Gasteiger partial charge < -0.3 is 14.0 Å². The molecule has 20 heavy (non-hydrogen) atoms. The van der Waals surface area contributed by atoms with Crippen LogP contribution in [0.4, 0.5) is 5.69 Å². The van der Waals surface area contributed by atoms with Gasteiger partial charge in [-0.3, -0.25) is 10.1 Å². The summed E-state index contributed by atoms with van der Waals surface area (Å²) in [6.07, 6.45) is 1.49. The fourth-order valence-electron chi connectivity index (χ4n) is 2.32. The Morgan fingerprint density at radius 1 is 1.20 bits per heavy atom. The molecule has 0 atom stereocenters. The van der Waals surface area contributed by atoms with Gasteiger partial charge in [0.15, 0.2) is 6.29 Å². The van der Waals surface area contributed by atoms with Crippen molar-refractivity contribution in [1.29, 1.82) is 0 Å². The van der Waals surface area contributed by atoms with Crippen molar-refractivity contribution in [2.75, 3.05) is 13.2 Å². The normalized spacial score (nSPS) is 15.6. The predicted molar refractivity (Wildman–Crippen MR) is 71.3 cm³/mol. The number of para-hydroxylation sites is 1. The number of benzene rings is 1. The van der Waals surface area contributed by atoms with E-state index in [0.717, 1.165) is 5.69 Å². The van der Waals surface area contributed by atoms with Crippen LogP contribution < -0.4 is 0 Å². The summed E-state index contributed by atoms with van der Waals surface area (Å²) < 4.78 is 12.9. The Hall–Kier alpha value is -2.18.